The van der Waals surface area contributed by atoms with Crippen molar-refractivity contribution in [3.05, 3.63) is 0 Å². The average molecular weight is 225 g/mol. The van der Waals surface area contributed by atoms with Gasteiger partial charge in [-0.15, -0.1) is 0 Å². The van der Waals surface area contributed by atoms with Crippen molar-refractivity contribution in [1.82, 2.24) is 4.90 Å². The molecule has 0 radical (unpaired) electrons. The van der Waals surface area contributed by atoms with E-state index in [-0.39, 0.29) is 5.54 Å². The van der Waals surface area contributed by atoms with E-state index in [0.29, 0.717) is 11.8 Å². The Morgan fingerprint density at radius 1 is 1.19 bits per heavy atom. The second kappa shape index (κ2) is 5.70. The first-order valence-electron chi connectivity index (χ1n) is 6.84. The fraction of sp³-hybridized carbons (Fsp3) is 0.929. The normalized spacial score (nSPS) is 18.5. The van der Waals surface area contributed by atoms with Crippen molar-refractivity contribution in [2.75, 3.05) is 6.54 Å². The number of hydrogen-bond donors (Lipinski definition) is 0. The Bertz CT molecular complexity index is 229. The molecule has 1 rings (SSSR count). The lowest BCUT2D eigenvalue weighted by atomic mass is 9.86. The predicted octanol–water partition coefficient (Wildman–Crippen LogP) is 3.60. The molecule has 0 bridgehead atoms. The minimum Gasteiger partial charge on any atom is -0.338 e. The molecule has 0 spiro atoms. The third-order valence-corrected chi connectivity index (χ3v) is 4.13. The van der Waals surface area contributed by atoms with Gasteiger partial charge in [0.2, 0.25) is 5.91 Å². The topological polar surface area (TPSA) is 20.3 Å². The van der Waals surface area contributed by atoms with Gasteiger partial charge in [0, 0.05) is 18.0 Å². The first kappa shape index (κ1) is 13.5. The second-order valence-electron chi connectivity index (χ2n) is 5.58. The highest BCUT2D eigenvalue weighted by Gasteiger charge is 2.32. The molecule has 0 unspecified atom stereocenters. The summed E-state index contributed by atoms with van der Waals surface area (Å²) in [4.78, 5) is 14.5. The first-order valence-corrected chi connectivity index (χ1v) is 6.84. The van der Waals surface area contributed by atoms with Crippen LogP contribution in [0.25, 0.3) is 0 Å². The van der Waals surface area contributed by atoms with E-state index in [0.717, 1.165) is 25.8 Å². The molecule has 0 atom stereocenters. The quantitative estimate of drug-likeness (QED) is 0.716. The summed E-state index contributed by atoms with van der Waals surface area (Å²) < 4.78 is 0. The predicted molar refractivity (Wildman–Crippen MR) is 68.3 cm³/mol. The molecular weight excluding hydrogens is 198 g/mol. The maximum Gasteiger partial charge on any atom is 0.226 e. The van der Waals surface area contributed by atoms with Crippen LogP contribution in [0.5, 0.6) is 0 Å². The monoisotopic (exact) mass is 225 g/mol. The molecule has 1 amide bonds. The Morgan fingerprint density at radius 3 is 2.19 bits per heavy atom. The molecule has 0 N–H and O–H groups in total. The maximum atomic E-state index is 12.5. The number of amides is 1. The first-order chi connectivity index (χ1) is 7.53. The molecule has 1 saturated carbocycles. The third-order valence-electron chi connectivity index (χ3n) is 4.13. The molecule has 1 aliphatic carbocycles. The van der Waals surface area contributed by atoms with E-state index in [4.69, 9.17) is 0 Å². The molecule has 1 aliphatic rings. The SMILES string of the molecule is CCN(C(=O)C1CCCCC1)C(C)(C)CC. The van der Waals surface area contributed by atoms with Gasteiger partial charge in [-0.2, -0.15) is 0 Å². The lowest BCUT2D eigenvalue weighted by molar-refractivity contribution is -0.141. The highest BCUT2D eigenvalue weighted by atomic mass is 16.2. The summed E-state index contributed by atoms with van der Waals surface area (Å²) in [5.74, 6) is 0.702. The van der Waals surface area contributed by atoms with Crippen LogP contribution >= 0.6 is 0 Å². The Labute approximate surface area is 100 Å². The van der Waals surface area contributed by atoms with Crippen molar-refractivity contribution >= 4 is 5.91 Å². The summed E-state index contributed by atoms with van der Waals surface area (Å²) in [6, 6.07) is 0. The molecule has 0 heterocycles. The van der Waals surface area contributed by atoms with Crippen LogP contribution in [-0.2, 0) is 4.79 Å². The van der Waals surface area contributed by atoms with Crippen molar-refractivity contribution in [3.63, 3.8) is 0 Å². The Hall–Kier alpha value is -0.530. The molecule has 0 saturated heterocycles. The van der Waals surface area contributed by atoms with Gasteiger partial charge in [0.1, 0.15) is 0 Å². The zero-order valence-electron chi connectivity index (χ0n) is 11.4. The standard InChI is InChI=1S/C14H27NO/c1-5-14(3,4)15(6-2)13(16)12-10-8-7-9-11-12/h12H,5-11H2,1-4H3. The molecule has 16 heavy (non-hydrogen) atoms. The number of carbonyl (C=O) groups excluding carboxylic acids is 1. The highest BCUT2D eigenvalue weighted by molar-refractivity contribution is 5.79. The molecule has 2 heteroatoms. The molecule has 0 aromatic rings. The van der Waals surface area contributed by atoms with Crippen LogP contribution in [0.15, 0.2) is 0 Å². The molecule has 0 aliphatic heterocycles. The second-order valence-corrected chi connectivity index (χ2v) is 5.58. The van der Waals surface area contributed by atoms with E-state index in [1.807, 2.05) is 0 Å². The van der Waals surface area contributed by atoms with Crippen molar-refractivity contribution in [3.8, 4) is 0 Å². The lowest BCUT2D eigenvalue weighted by Gasteiger charge is -2.40. The van der Waals surface area contributed by atoms with Gasteiger partial charge in [0.05, 0.1) is 0 Å². The summed E-state index contributed by atoms with van der Waals surface area (Å²) in [6.45, 7) is 9.46. The van der Waals surface area contributed by atoms with E-state index in [1.165, 1.54) is 19.3 Å². The van der Waals surface area contributed by atoms with Gasteiger partial charge >= 0.3 is 0 Å². The fourth-order valence-corrected chi connectivity index (χ4v) is 2.64. The number of hydrogen-bond acceptors (Lipinski definition) is 1. The average Bonchev–Trinajstić information content (AvgIpc) is 2.30. The van der Waals surface area contributed by atoms with Crippen LogP contribution in [0.2, 0.25) is 0 Å². The molecular formula is C14H27NO. The van der Waals surface area contributed by atoms with E-state index < -0.39 is 0 Å². The third kappa shape index (κ3) is 2.99. The fourth-order valence-electron chi connectivity index (χ4n) is 2.64. The molecule has 2 nitrogen and oxygen atoms in total. The highest BCUT2D eigenvalue weighted by Crippen LogP contribution is 2.28. The van der Waals surface area contributed by atoms with Crippen LogP contribution in [0.4, 0.5) is 0 Å². The van der Waals surface area contributed by atoms with Crippen molar-refractivity contribution in [2.45, 2.75) is 71.8 Å². The Kier molecular flexibility index (Phi) is 4.82. The van der Waals surface area contributed by atoms with E-state index in [2.05, 4.69) is 32.6 Å². The van der Waals surface area contributed by atoms with Crippen molar-refractivity contribution in [1.29, 1.82) is 0 Å². The van der Waals surface area contributed by atoms with Crippen LogP contribution in [0, 0.1) is 5.92 Å². The molecule has 0 aromatic carbocycles. The van der Waals surface area contributed by atoms with Crippen LogP contribution < -0.4 is 0 Å². The van der Waals surface area contributed by atoms with Crippen LogP contribution in [0.1, 0.15) is 66.2 Å². The zero-order valence-corrected chi connectivity index (χ0v) is 11.4. The minimum absolute atomic E-state index is 0.0171. The van der Waals surface area contributed by atoms with Gasteiger partial charge < -0.3 is 4.90 Å². The van der Waals surface area contributed by atoms with Gasteiger partial charge in [0.15, 0.2) is 0 Å². The van der Waals surface area contributed by atoms with Crippen molar-refractivity contribution < 1.29 is 4.79 Å². The summed E-state index contributed by atoms with van der Waals surface area (Å²) in [6.07, 6.45) is 7.03. The smallest absolute Gasteiger partial charge is 0.226 e. The van der Waals surface area contributed by atoms with E-state index >= 15 is 0 Å². The number of nitrogens with zero attached hydrogens (tertiary/aromatic N) is 1. The zero-order chi connectivity index (χ0) is 12.2. The van der Waals surface area contributed by atoms with Crippen molar-refractivity contribution in [2.24, 2.45) is 5.92 Å². The Balaban J connectivity index is 2.68. The number of rotatable bonds is 4. The Morgan fingerprint density at radius 2 is 1.75 bits per heavy atom. The summed E-state index contributed by atoms with van der Waals surface area (Å²) >= 11 is 0. The largest absolute Gasteiger partial charge is 0.338 e. The lowest BCUT2D eigenvalue weighted by Crippen LogP contribution is -2.49. The van der Waals surface area contributed by atoms with Gasteiger partial charge in [-0.3, -0.25) is 4.79 Å². The van der Waals surface area contributed by atoms with Gasteiger partial charge in [-0.25, -0.2) is 0 Å². The minimum atomic E-state index is 0.0171. The molecule has 94 valence electrons. The summed E-state index contributed by atoms with van der Waals surface area (Å²) in [5, 5.41) is 0. The van der Waals surface area contributed by atoms with E-state index in [9.17, 15) is 4.79 Å². The van der Waals surface area contributed by atoms with Crippen LogP contribution in [-0.4, -0.2) is 22.9 Å². The van der Waals surface area contributed by atoms with E-state index in [1.54, 1.807) is 0 Å². The van der Waals surface area contributed by atoms with Gasteiger partial charge in [-0.1, -0.05) is 26.2 Å². The number of carbonyl (C=O) groups is 1. The van der Waals surface area contributed by atoms with Crippen LogP contribution in [0.3, 0.4) is 0 Å². The van der Waals surface area contributed by atoms with Gasteiger partial charge in [0.25, 0.3) is 0 Å². The molecule has 0 aromatic heterocycles. The summed E-state index contributed by atoms with van der Waals surface area (Å²) in [5.41, 5.74) is 0.0171. The maximum absolute atomic E-state index is 12.5. The molecule has 1 fully saturated rings. The summed E-state index contributed by atoms with van der Waals surface area (Å²) in [7, 11) is 0. The van der Waals surface area contributed by atoms with Gasteiger partial charge in [-0.05, 0) is 40.0 Å².